The van der Waals surface area contributed by atoms with Crippen molar-refractivity contribution in [1.82, 2.24) is 5.32 Å². The zero-order valence-corrected chi connectivity index (χ0v) is 40.1. The van der Waals surface area contributed by atoms with Gasteiger partial charge in [0.05, 0.1) is 25.2 Å². The maximum atomic E-state index is 13.2. The van der Waals surface area contributed by atoms with E-state index >= 15 is 0 Å². The SMILES string of the molecule is CC/C=C/C/C=C/C/C=C/CCCCCCCCC(=O)OC(CCCCCCCCCCCCCCCCCC)CC(=O)NC(CO)C(O)CCCCCCCCCCC. The molecule has 0 aromatic rings. The molecular formula is C54H101NO5. The van der Waals surface area contributed by atoms with Crippen LogP contribution in [0.15, 0.2) is 36.5 Å². The van der Waals surface area contributed by atoms with Crippen molar-refractivity contribution in [1.29, 1.82) is 0 Å². The molecule has 6 heteroatoms. The van der Waals surface area contributed by atoms with Gasteiger partial charge in [-0.2, -0.15) is 0 Å². The molecule has 0 saturated carbocycles. The van der Waals surface area contributed by atoms with Gasteiger partial charge < -0.3 is 20.3 Å². The average Bonchev–Trinajstić information content (AvgIpc) is 3.24. The number of esters is 1. The topological polar surface area (TPSA) is 95.9 Å². The first-order chi connectivity index (χ1) is 29.5. The summed E-state index contributed by atoms with van der Waals surface area (Å²) in [5.41, 5.74) is 0. The number of hydrogen-bond acceptors (Lipinski definition) is 5. The summed E-state index contributed by atoms with van der Waals surface area (Å²) < 4.78 is 5.94. The Balaban J connectivity index is 4.55. The van der Waals surface area contributed by atoms with Crippen molar-refractivity contribution >= 4 is 11.9 Å². The van der Waals surface area contributed by atoms with Gasteiger partial charge in [0.1, 0.15) is 6.10 Å². The molecule has 0 aromatic carbocycles. The molecule has 0 aliphatic carbocycles. The van der Waals surface area contributed by atoms with Crippen molar-refractivity contribution in [3.8, 4) is 0 Å². The Morgan fingerprint density at radius 3 is 1.37 bits per heavy atom. The van der Waals surface area contributed by atoms with E-state index < -0.39 is 18.2 Å². The van der Waals surface area contributed by atoms with Crippen molar-refractivity contribution in [2.75, 3.05) is 6.61 Å². The molecule has 0 aliphatic rings. The van der Waals surface area contributed by atoms with Crippen molar-refractivity contribution in [3.63, 3.8) is 0 Å². The van der Waals surface area contributed by atoms with Crippen LogP contribution < -0.4 is 5.32 Å². The van der Waals surface area contributed by atoms with E-state index in [9.17, 15) is 19.8 Å². The van der Waals surface area contributed by atoms with Crippen LogP contribution in [-0.4, -0.2) is 46.9 Å². The zero-order valence-electron chi connectivity index (χ0n) is 40.1. The Morgan fingerprint density at radius 2 is 0.900 bits per heavy atom. The van der Waals surface area contributed by atoms with Crippen LogP contribution in [-0.2, 0) is 14.3 Å². The fraction of sp³-hybridized carbons (Fsp3) is 0.852. The summed E-state index contributed by atoms with van der Waals surface area (Å²) in [6.07, 6.45) is 56.4. The van der Waals surface area contributed by atoms with E-state index in [1.165, 1.54) is 148 Å². The van der Waals surface area contributed by atoms with E-state index in [-0.39, 0.29) is 24.9 Å². The number of carbonyl (C=O) groups excluding carboxylic acids is 2. The minimum Gasteiger partial charge on any atom is -0.462 e. The van der Waals surface area contributed by atoms with Gasteiger partial charge in [-0.15, -0.1) is 0 Å². The molecule has 352 valence electrons. The lowest BCUT2D eigenvalue weighted by atomic mass is 10.0. The number of nitrogens with one attached hydrogen (secondary N) is 1. The second-order valence-corrected chi connectivity index (χ2v) is 17.9. The minimum absolute atomic E-state index is 0.0762. The van der Waals surface area contributed by atoms with Gasteiger partial charge in [0.15, 0.2) is 0 Å². The number of amides is 1. The minimum atomic E-state index is -0.785. The van der Waals surface area contributed by atoms with Gasteiger partial charge in [-0.25, -0.2) is 0 Å². The second kappa shape index (κ2) is 48.1. The Bertz CT molecular complexity index is 993. The molecule has 0 radical (unpaired) electrons. The molecule has 60 heavy (non-hydrogen) atoms. The summed E-state index contributed by atoms with van der Waals surface area (Å²) in [5.74, 6) is -0.477. The Hall–Kier alpha value is -1.92. The van der Waals surface area contributed by atoms with E-state index in [1.54, 1.807) is 0 Å². The van der Waals surface area contributed by atoms with Gasteiger partial charge in [0.25, 0.3) is 0 Å². The summed E-state index contributed by atoms with van der Waals surface area (Å²) in [4.78, 5) is 26.1. The smallest absolute Gasteiger partial charge is 0.306 e. The van der Waals surface area contributed by atoms with Gasteiger partial charge in [-0.05, 0) is 57.8 Å². The summed E-state index contributed by atoms with van der Waals surface area (Å²) in [6, 6.07) is -0.699. The first-order valence-corrected chi connectivity index (χ1v) is 26.2. The third-order valence-electron chi connectivity index (χ3n) is 12.0. The highest BCUT2D eigenvalue weighted by atomic mass is 16.5. The normalized spacial score (nSPS) is 13.5. The number of rotatable bonds is 47. The molecule has 0 bridgehead atoms. The third kappa shape index (κ3) is 42.8. The molecule has 0 aliphatic heterocycles. The first kappa shape index (κ1) is 58.1. The quantitative estimate of drug-likeness (QED) is 0.0322. The van der Waals surface area contributed by atoms with Crippen LogP contribution in [0.4, 0.5) is 0 Å². The van der Waals surface area contributed by atoms with E-state index in [0.717, 1.165) is 77.0 Å². The van der Waals surface area contributed by atoms with Crippen LogP contribution in [0.3, 0.4) is 0 Å². The van der Waals surface area contributed by atoms with E-state index in [4.69, 9.17) is 4.74 Å². The highest BCUT2D eigenvalue weighted by Crippen LogP contribution is 2.18. The fourth-order valence-corrected chi connectivity index (χ4v) is 8.03. The number of unbranched alkanes of at least 4 members (excludes halogenated alkanes) is 29. The number of carbonyl (C=O) groups is 2. The first-order valence-electron chi connectivity index (χ1n) is 26.2. The highest BCUT2D eigenvalue weighted by molar-refractivity contribution is 5.77. The number of aliphatic hydroxyl groups excluding tert-OH is 2. The van der Waals surface area contributed by atoms with Crippen molar-refractivity contribution < 1.29 is 24.5 Å². The van der Waals surface area contributed by atoms with Crippen LogP contribution in [0.1, 0.15) is 271 Å². The summed E-state index contributed by atoms with van der Waals surface area (Å²) in [7, 11) is 0. The van der Waals surface area contributed by atoms with E-state index in [2.05, 4.69) is 62.5 Å². The van der Waals surface area contributed by atoms with Gasteiger partial charge in [0.2, 0.25) is 5.91 Å². The molecule has 0 spiro atoms. The van der Waals surface area contributed by atoms with Crippen LogP contribution in [0.25, 0.3) is 0 Å². The highest BCUT2D eigenvalue weighted by Gasteiger charge is 2.24. The molecule has 3 atom stereocenters. The molecule has 3 N–H and O–H groups in total. The zero-order chi connectivity index (χ0) is 43.8. The Morgan fingerprint density at radius 1 is 0.500 bits per heavy atom. The molecule has 0 rings (SSSR count). The van der Waals surface area contributed by atoms with E-state index in [0.29, 0.717) is 19.3 Å². The molecule has 0 fully saturated rings. The number of ether oxygens (including phenoxy) is 1. The van der Waals surface area contributed by atoms with Crippen molar-refractivity contribution in [2.45, 2.75) is 289 Å². The number of allylic oxidation sites excluding steroid dienone is 6. The standard InChI is InChI=1S/C54H101NO5/c1-4-7-10-13-16-19-21-23-25-27-29-31-34-36-39-42-45-50(48-53(58)55-51(49-56)52(57)46-43-40-37-33-18-15-12-9-6-3)60-54(59)47-44-41-38-35-32-30-28-26-24-22-20-17-14-11-8-5-2/h8,11,17,20,24,26,50-52,56-57H,4-7,9-10,12-16,18-19,21-23,25,27-49H2,1-3H3,(H,55,58)/b11-8+,20-17+,26-24+. The number of hydrogen-bond donors (Lipinski definition) is 3. The third-order valence-corrected chi connectivity index (χ3v) is 12.0. The largest absolute Gasteiger partial charge is 0.462 e. The van der Waals surface area contributed by atoms with Gasteiger partial charge in [-0.1, -0.05) is 237 Å². The maximum Gasteiger partial charge on any atom is 0.306 e. The van der Waals surface area contributed by atoms with Crippen LogP contribution in [0, 0.1) is 0 Å². The summed E-state index contributed by atoms with van der Waals surface area (Å²) in [6.45, 7) is 6.37. The average molecular weight is 844 g/mol. The number of aliphatic hydroxyl groups is 2. The predicted octanol–water partition coefficient (Wildman–Crippen LogP) is 15.7. The van der Waals surface area contributed by atoms with Gasteiger partial charge in [0, 0.05) is 6.42 Å². The molecular weight excluding hydrogens is 743 g/mol. The molecule has 0 heterocycles. The maximum absolute atomic E-state index is 13.2. The molecule has 3 unspecified atom stereocenters. The van der Waals surface area contributed by atoms with Crippen LogP contribution in [0.2, 0.25) is 0 Å². The molecule has 0 aromatic heterocycles. The van der Waals surface area contributed by atoms with Crippen LogP contribution >= 0.6 is 0 Å². The Labute approximate surface area is 373 Å². The molecule has 0 saturated heterocycles. The lowest BCUT2D eigenvalue weighted by Gasteiger charge is -2.24. The monoisotopic (exact) mass is 844 g/mol. The van der Waals surface area contributed by atoms with Gasteiger partial charge in [-0.3, -0.25) is 9.59 Å². The van der Waals surface area contributed by atoms with Crippen LogP contribution in [0.5, 0.6) is 0 Å². The van der Waals surface area contributed by atoms with Gasteiger partial charge >= 0.3 is 5.97 Å². The van der Waals surface area contributed by atoms with Crippen molar-refractivity contribution in [2.24, 2.45) is 0 Å². The second-order valence-electron chi connectivity index (χ2n) is 17.9. The van der Waals surface area contributed by atoms with Crippen molar-refractivity contribution in [3.05, 3.63) is 36.5 Å². The summed E-state index contributed by atoms with van der Waals surface area (Å²) >= 11 is 0. The fourth-order valence-electron chi connectivity index (χ4n) is 8.03. The van der Waals surface area contributed by atoms with E-state index in [1.807, 2.05) is 0 Å². The Kier molecular flexibility index (Phi) is 46.6. The lowest BCUT2D eigenvalue weighted by Crippen LogP contribution is -2.46. The predicted molar refractivity (Wildman–Crippen MR) is 259 cm³/mol. The lowest BCUT2D eigenvalue weighted by molar-refractivity contribution is -0.151. The molecule has 1 amide bonds. The molecule has 6 nitrogen and oxygen atoms in total. The summed E-state index contributed by atoms with van der Waals surface area (Å²) in [5, 5.41) is 23.7.